The van der Waals surface area contributed by atoms with E-state index < -0.39 is 0 Å². The van der Waals surface area contributed by atoms with Gasteiger partial charge in [0, 0.05) is 6.42 Å². The molecule has 0 atom stereocenters. The summed E-state index contributed by atoms with van der Waals surface area (Å²) in [5.74, 6) is 1.95. The molecule has 0 N–H and O–H groups in total. The molecule has 2 nitrogen and oxygen atoms in total. The number of rotatable bonds is 5. The third-order valence-corrected chi connectivity index (χ3v) is 5.59. The average Bonchev–Trinajstić information content (AvgIpc) is 2.60. The van der Waals surface area contributed by atoms with Crippen LogP contribution >= 0.6 is 0 Å². The van der Waals surface area contributed by atoms with Gasteiger partial charge in [-0.15, -0.1) is 0 Å². The third-order valence-electron chi connectivity index (χ3n) is 5.59. The Labute approximate surface area is 139 Å². The first-order valence-corrected chi connectivity index (χ1v) is 9.16. The fourth-order valence-corrected chi connectivity index (χ4v) is 3.92. The van der Waals surface area contributed by atoms with Crippen molar-refractivity contribution in [2.24, 2.45) is 5.41 Å². The Hall–Kier alpha value is -1.57. The molecule has 1 spiro atoms. The summed E-state index contributed by atoms with van der Waals surface area (Å²) in [7, 11) is 0. The molecule has 1 aromatic carbocycles. The number of benzene rings is 1. The van der Waals surface area contributed by atoms with E-state index in [9.17, 15) is 4.79 Å². The highest BCUT2D eigenvalue weighted by molar-refractivity contribution is 5.90. The fraction of sp³-hybridized carbons (Fsp3) is 0.571. The molecule has 23 heavy (non-hydrogen) atoms. The molecule has 1 saturated carbocycles. The summed E-state index contributed by atoms with van der Waals surface area (Å²) in [4.78, 5) is 11.4. The van der Waals surface area contributed by atoms with E-state index in [0.29, 0.717) is 17.1 Å². The lowest BCUT2D eigenvalue weighted by Gasteiger charge is -2.39. The van der Waals surface area contributed by atoms with Crippen LogP contribution in [0.1, 0.15) is 69.8 Å². The summed E-state index contributed by atoms with van der Waals surface area (Å²) >= 11 is 0. The van der Waals surface area contributed by atoms with Gasteiger partial charge in [0.1, 0.15) is 5.75 Å². The lowest BCUT2D eigenvalue weighted by molar-refractivity contribution is -0.115. The van der Waals surface area contributed by atoms with Gasteiger partial charge in [-0.05, 0) is 73.6 Å². The topological polar surface area (TPSA) is 26.3 Å². The fourth-order valence-electron chi connectivity index (χ4n) is 3.92. The highest BCUT2D eigenvalue weighted by Crippen LogP contribution is 2.48. The molecule has 2 aliphatic rings. The maximum Gasteiger partial charge on any atom is 0.155 e. The van der Waals surface area contributed by atoms with Gasteiger partial charge in [0.15, 0.2) is 5.78 Å². The number of carbonyl (C=O) groups is 1. The molecule has 0 aromatic heterocycles. The zero-order chi connectivity index (χ0) is 16.1. The highest BCUT2D eigenvalue weighted by Gasteiger charge is 2.35. The minimum Gasteiger partial charge on any atom is -0.494 e. The molecule has 3 rings (SSSR count). The second kappa shape index (κ2) is 7.33. The van der Waals surface area contributed by atoms with Gasteiger partial charge in [-0.2, -0.15) is 0 Å². The van der Waals surface area contributed by atoms with Crippen molar-refractivity contribution in [3.63, 3.8) is 0 Å². The monoisotopic (exact) mass is 312 g/mol. The van der Waals surface area contributed by atoms with Crippen molar-refractivity contribution in [3.8, 4) is 5.75 Å². The molecule has 1 fully saturated rings. The molecular weight excluding hydrogens is 284 g/mol. The second-order valence-corrected chi connectivity index (χ2v) is 7.21. The summed E-state index contributed by atoms with van der Waals surface area (Å²) in [6, 6.07) is 8.72. The number of unbranched alkanes of at least 4 members (excludes halogenated alkanes) is 1. The van der Waals surface area contributed by atoms with Crippen LogP contribution in [0.5, 0.6) is 5.75 Å². The van der Waals surface area contributed by atoms with Crippen LogP contribution in [0.3, 0.4) is 0 Å². The Morgan fingerprint density at radius 3 is 2.48 bits per heavy atom. The van der Waals surface area contributed by atoms with Crippen LogP contribution in [0.15, 0.2) is 36.4 Å². The minimum atomic E-state index is 0.302. The van der Waals surface area contributed by atoms with Crippen molar-refractivity contribution in [1.29, 1.82) is 0 Å². The quantitative estimate of drug-likeness (QED) is 0.678. The largest absolute Gasteiger partial charge is 0.494 e. The van der Waals surface area contributed by atoms with Crippen molar-refractivity contribution in [2.45, 2.75) is 64.2 Å². The van der Waals surface area contributed by atoms with Gasteiger partial charge in [0.2, 0.25) is 0 Å². The Morgan fingerprint density at radius 2 is 1.87 bits per heavy atom. The lowest BCUT2D eigenvalue weighted by atomic mass is 9.65. The van der Waals surface area contributed by atoms with Gasteiger partial charge in [0.05, 0.1) is 6.61 Å². The van der Waals surface area contributed by atoms with Crippen LogP contribution in [-0.2, 0) is 4.79 Å². The van der Waals surface area contributed by atoms with Gasteiger partial charge in [-0.3, -0.25) is 4.79 Å². The number of hydrogen-bond acceptors (Lipinski definition) is 2. The Balaban J connectivity index is 1.55. The first-order valence-electron chi connectivity index (χ1n) is 9.16. The van der Waals surface area contributed by atoms with Gasteiger partial charge in [-0.25, -0.2) is 0 Å². The molecule has 0 radical (unpaired) electrons. The smallest absolute Gasteiger partial charge is 0.155 e. The van der Waals surface area contributed by atoms with Crippen LogP contribution in [0.4, 0.5) is 0 Å². The van der Waals surface area contributed by atoms with E-state index in [0.717, 1.165) is 31.6 Å². The predicted octanol–water partition coefficient (Wildman–Crippen LogP) is 5.43. The minimum absolute atomic E-state index is 0.302. The van der Waals surface area contributed by atoms with Crippen molar-refractivity contribution in [2.75, 3.05) is 6.61 Å². The van der Waals surface area contributed by atoms with E-state index in [1.165, 1.54) is 37.7 Å². The maximum absolute atomic E-state index is 11.4. The number of hydrogen-bond donors (Lipinski definition) is 0. The highest BCUT2D eigenvalue weighted by atomic mass is 16.5. The lowest BCUT2D eigenvalue weighted by Crippen LogP contribution is -2.28. The molecule has 2 heteroatoms. The summed E-state index contributed by atoms with van der Waals surface area (Å²) in [5.41, 5.74) is 1.76. The molecule has 0 heterocycles. The molecular formula is C21H28O2. The van der Waals surface area contributed by atoms with Gasteiger partial charge < -0.3 is 4.74 Å². The average molecular weight is 312 g/mol. The normalized spacial score (nSPS) is 27.3. The number of ketones is 1. The van der Waals surface area contributed by atoms with Gasteiger partial charge in [-0.1, -0.05) is 31.6 Å². The van der Waals surface area contributed by atoms with Crippen molar-refractivity contribution in [3.05, 3.63) is 42.0 Å². The first-order chi connectivity index (χ1) is 11.2. The SMILES string of the molecule is CCCCOc1ccc(C2CCC3(C=CC(=O)CC3)CC2)cc1. The van der Waals surface area contributed by atoms with Gasteiger partial charge in [0.25, 0.3) is 0 Å². The van der Waals surface area contributed by atoms with E-state index >= 15 is 0 Å². The van der Waals surface area contributed by atoms with Crippen molar-refractivity contribution < 1.29 is 9.53 Å². The Bertz CT molecular complexity index is 548. The Kier molecular flexibility index (Phi) is 5.20. The first kappa shape index (κ1) is 16.3. The van der Waals surface area contributed by atoms with E-state index in [1.54, 1.807) is 0 Å². The summed E-state index contributed by atoms with van der Waals surface area (Å²) < 4.78 is 5.75. The zero-order valence-electron chi connectivity index (χ0n) is 14.2. The van der Waals surface area contributed by atoms with E-state index in [-0.39, 0.29) is 0 Å². The maximum atomic E-state index is 11.4. The third kappa shape index (κ3) is 4.04. The molecule has 1 aromatic rings. The van der Waals surface area contributed by atoms with Crippen LogP contribution in [0.25, 0.3) is 0 Å². The van der Waals surface area contributed by atoms with Crippen LogP contribution in [0.2, 0.25) is 0 Å². The molecule has 0 amide bonds. The molecule has 2 aliphatic carbocycles. The number of allylic oxidation sites excluding steroid dienone is 2. The van der Waals surface area contributed by atoms with E-state index in [2.05, 4.69) is 37.3 Å². The molecule has 0 bridgehead atoms. The van der Waals surface area contributed by atoms with Crippen LogP contribution < -0.4 is 4.74 Å². The summed E-state index contributed by atoms with van der Waals surface area (Å²) in [6.45, 7) is 2.99. The van der Waals surface area contributed by atoms with Gasteiger partial charge >= 0.3 is 0 Å². The van der Waals surface area contributed by atoms with Crippen LogP contribution in [-0.4, -0.2) is 12.4 Å². The second-order valence-electron chi connectivity index (χ2n) is 7.21. The van der Waals surface area contributed by atoms with E-state index in [1.807, 2.05) is 6.08 Å². The van der Waals surface area contributed by atoms with Crippen LogP contribution in [0, 0.1) is 5.41 Å². The zero-order valence-corrected chi connectivity index (χ0v) is 14.2. The van der Waals surface area contributed by atoms with Crippen molar-refractivity contribution >= 4 is 5.78 Å². The molecule has 0 unspecified atom stereocenters. The van der Waals surface area contributed by atoms with E-state index in [4.69, 9.17) is 4.74 Å². The number of carbonyl (C=O) groups excluding carboxylic acids is 1. The predicted molar refractivity (Wildman–Crippen MR) is 93.9 cm³/mol. The summed E-state index contributed by atoms with van der Waals surface area (Å²) in [5, 5.41) is 0. The number of ether oxygens (including phenoxy) is 1. The van der Waals surface area contributed by atoms with Crippen molar-refractivity contribution in [1.82, 2.24) is 0 Å². The molecule has 0 saturated heterocycles. The molecule has 124 valence electrons. The molecule has 0 aliphatic heterocycles. The Morgan fingerprint density at radius 1 is 1.13 bits per heavy atom. The summed E-state index contributed by atoms with van der Waals surface area (Å²) in [6.07, 6.45) is 13.0. The standard InChI is InChI=1S/C21H28O2/c1-2-3-16-23-20-6-4-17(5-7-20)18-8-12-21(13-9-18)14-10-19(22)11-15-21/h4-7,10,14,18H,2-3,8-9,11-13,15-16H2,1H3.